The normalized spacial score (nSPS) is 11.3. The third kappa shape index (κ3) is 20.1. The van der Waals surface area contributed by atoms with Crippen LogP contribution in [-0.2, 0) is 33.1 Å². The number of ether oxygens (including phenoxy) is 2. The molecule has 10 nitrogen and oxygen atoms in total. The first-order chi connectivity index (χ1) is 26.8. The summed E-state index contributed by atoms with van der Waals surface area (Å²) in [6, 6.07) is 21.7. The molecule has 0 radical (unpaired) electrons. The molecule has 57 heavy (non-hydrogen) atoms. The van der Waals surface area contributed by atoms with Crippen molar-refractivity contribution in [2.45, 2.75) is 139 Å². The van der Waals surface area contributed by atoms with E-state index in [0.29, 0.717) is 11.5 Å². The molecule has 0 aromatic heterocycles. The van der Waals surface area contributed by atoms with Crippen LogP contribution in [0.5, 0.6) is 34.5 Å². The number of hydrogen-bond acceptors (Lipinski definition) is 9. The molecule has 0 aliphatic carbocycles. The Morgan fingerprint density at radius 1 is 0.544 bits per heavy atom. The van der Waals surface area contributed by atoms with Gasteiger partial charge >= 0.3 is 37.7 Å². The topological polar surface area (TPSA) is 173 Å². The molecular weight excluding hydrogens is 793 g/mol. The van der Waals surface area contributed by atoms with Gasteiger partial charge in [0.05, 0.1) is 4.90 Å². The fourth-order valence-electron chi connectivity index (χ4n) is 6.29. The minimum absolute atomic E-state index is 0. The van der Waals surface area contributed by atoms with Crippen LogP contribution in [0.3, 0.4) is 0 Å². The van der Waals surface area contributed by atoms with E-state index in [1.165, 1.54) is 102 Å². The molecule has 0 saturated carbocycles. The molecule has 0 amide bonds. The second-order valence-corrected chi connectivity index (χ2v) is 16.9. The van der Waals surface area contributed by atoms with Crippen LogP contribution in [0.4, 0.5) is 0 Å². The molecule has 0 heterocycles. The molecule has 13 heteroatoms. The fraction of sp³-hybridized carbons (Fsp3) is 0.455. The summed E-state index contributed by atoms with van der Waals surface area (Å²) in [5.41, 5.74) is 2.03. The van der Waals surface area contributed by atoms with Gasteiger partial charge in [-0.05, 0) is 61.1 Å². The second-order valence-electron chi connectivity index (χ2n) is 14.1. The quantitative estimate of drug-likeness (QED) is 0.0392. The molecular formula is C44H58CaO10S2. The van der Waals surface area contributed by atoms with E-state index in [9.17, 15) is 36.2 Å². The van der Waals surface area contributed by atoms with E-state index in [0.717, 1.165) is 61.4 Å². The number of aromatic hydroxyl groups is 1. The van der Waals surface area contributed by atoms with E-state index in [2.05, 4.69) is 13.8 Å². The van der Waals surface area contributed by atoms with Crippen LogP contribution in [-0.4, -0.2) is 68.8 Å². The van der Waals surface area contributed by atoms with Gasteiger partial charge in [-0.1, -0.05) is 146 Å². The van der Waals surface area contributed by atoms with E-state index in [1.807, 2.05) is 42.5 Å². The maximum Gasteiger partial charge on any atom is 2.00 e. The van der Waals surface area contributed by atoms with Crippen molar-refractivity contribution in [1.82, 2.24) is 0 Å². The zero-order valence-corrected chi connectivity index (χ0v) is 37.3. The van der Waals surface area contributed by atoms with Gasteiger partial charge in [-0.25, -0.2) is 8.42 Å². The van der Waals surface area contributed by atoms with Crippen LogP contribution in [0, 0.1) is 0 Å². The summed E-state index contributed by atoms with van der Waals surface area (Å²) < 4.78 is 77.0. The predicted octanol–water partition coefficient (Wildman–Crippen LogP) is 10.9. The molecule has 0 bridgehead atoms. The van der Waals surface area contributed by atoms with Crippen LogP contribution >= 0.6 is 0 Å². The molecule has 4 aromatic rings. The number of phenols is 1. The van der Waals surface area contributed by atoms with Gasteiger partial charge in [0.1, 0.15) is 43.8 Å². The van der Waals surface area contributed by atoms with E-state index < -0.39 is 35.8 Å². The van der Waals surface area contributed by atoms with Crippen LogP contribution in [0.25, 0.3) is 0 Å². The van der Waals surface area contributed by atoms with Crippen molar-refractivity contribution in [2.75, 3.05) is 0 Å². The van der Waals surface area contributed by atoms with Crippen molar-refractivity contribution < 1.29 is 45.6 Å². The predicted molar refractivity (Wildman–Crippen MR) is 223 cm³/mol. The monoisotopic (exact) mass is 850 g/mol. The SMILES string of the molecule is CCCCCCCCCCc1ccccc1Oc1cc(O)cc(S(=O)(=O)O)c1.CCCCCCCCCCc1ccccc1Oc1cc([O-])cc(S(=O)(=O)[O-])c1.[Ca+2]. The molecule has 4 rings (SSSR count). The molecule has 0 fully saturated rings. The third-order valence-electron chi connectivity index (χ3n) is 9.31. The number of hydrogen-bond donors (Lipinski definition) is 2. The van der Waals surface area contributed by atoms with Crippen LogP contribution in [0.2, 0.25) is 0 Å². The Bertz CT molecular complexity index is 1840. The second kappa shape index (κ2) is 27.0. The summed E-state index contributed by atoms with van der Waals surface area (Å²) in [6.07, 6.45) is 21.5. The van der Waals surface area contributed by atoms with Crippen molar-refractivity contribution in [3.05, 3.63) is 96.1 Å². The van der Waals surface area contributed by atoms with Crippen molar-refractivity contribution in [2.24, 2.45) is 0 Å². The van der Waals surface area contributed by atoms with Crippen LogP contribution in [0.1, 0.15) is 128 Å². The molecule has 0 spiro atoms. The standard InChI is InChI=1S/2C22H30O5S.Ca/c2*1-2-3-4-5-6-7-8-9-12-18-13-10-11-14-22(18)27-20-15-19(23)16-21(17-20)28(24,25)26;/h2*10-11,13-17,23H,2-9,12H2,1H3,(H,24,25,26);/q;;+2/p-2. The van der Waals surface area contributed by atoms with E-state index in [-0.39, 0.29) is 55.0 Å². The summed E-state index contributed by atoms with van der Waals surface area (Å²) >= 11 is 0. The third-order valence-corrected chi connectivity index (χ3v) is 10.9. The van der Waals surface area contributed by atoms with E-state index in [4.69, 9.17) is 9.47 Å². The van der Waals surface area contributed by atoms with Crippen molar-refractivity contribution in [3.63, 3.8) is 0 Å². The summed E-state index contributed by atoms with van der Waals surface area (Å²) in [6.45, 7) is 4.44. The molecule has 2 N–H and O–H groups in total. The van der Waals surface area contributed by atoms with Crippen molar-refractivity contribution in [1.29, 1.82) is 0 Å². The van der Waals surface area contributed by atoms with Gasteiger partial charge in [0.2, 0.25) is 0 Å². The van der Waals surface area contributed by atoms with Gasteiger partial charge < -0.3 is 24.2 Å². The maximum atomic E-state index is 11.7. The average Bonchev–Trinajstić information content (AvgIpc) is 3.14. The summed E-state index contributed by atoms with van der Waals surface area (Å²) in [7, 11) is -9.13. The Hall–Kier alpha value is -2.84. The van der Waals surface area contributed by atoms with Gasteiger partial charge in [0.25, 0.3) is 10.1 Å². The Kier molecular flexibility index (Phi) is 23.8. The summed E-state index contributed by atoms with van der Waals surface area (Å²) in [5.74, 6) is 0.557. The minimum atomic E-state index is -4.71. The Labute approximate surface area is 370 Å². The first kappa shape index (κ1) is 50.3. The van der Waals surface area contributed by atoms with E-state index >= 15 is 0 Å². The Morgan fingerprint density at radius 3 is 1.39 bits per heavy atom. The Morgan fingerprint density at radius 2 is 0.947 bits per heavy atom. The van der Waals surface area contributed by atoms with Crippen molar-refractivity contribution >= 4 is 58.0 Å². The molecule has 0 saturated heterocycles. The Balaban J connectivity index is 0.000000387. The number of rotatable bonds is 24. The molecule has 0 aliphatic heterocycles. The zero-order valence-electron chi connectivity index (χ0n) is 33.5. The molecule has 308 valence electrons. The first-order valence-electron chi connectivity index (χ1n) is 19.9. The molecule has 4 aromatic carbocycles. The largest absolute Gasteiger partial charge is 2.00 e. The number of phenolic OH excluding ortho intramolecular Hbond substituents is 1. The van der Waals surface area contributed by atoms with Gasteiger partial charge in [-0.15, -0.1) is 5.75 Å². The van der Waals surface area contributed by atoms with Crippen LogP contribution in [0.15, 0.2) is 94.7 Å². The number of benzene rings is 4. The molecule has 0 atom stereocenters. The fourth-order valence-corrected chi connectivity index (χ4v) is 7.34. The summed E-state index contributed by atoms with van der Waals surface area (Å²) in [5, 5.41) is 21.4. The average molecular weight is 851 g/mol. The summed E-state index contributed by atoms with van der Waals surface area (Å²) in [4.78, 5) is -0.974. The number of para-hydroxylation sites is 2. The van der Waals surface area contributed by atoms with Gasteiger partial charge in [0, 0.05) is 18.2 Å². The van der Waals surface area contributed by atoms with Crippen LogP contribution < -0.4 is 14.6 Å². The van der Waals surface area contributed by atoms with E-state index in [1.54, 1.807) is 6.07 Å². The maximum absolute atomic E-state index is 11.7. The number of aryl methyl sites for hydroxylation is 2. The first-order valence-corrected chi connectivity index (χ1v) is 22.8. The van der Waals surface area contributed by atoms with Crippen molar-refractivity contribution in [3.8, 4) is 34.5 Å². The van der Waals surface area contributed by atoms with Gasteiger partial charge in [-0.2, -0.15) is 8.42 Å². The minimum Gasteiger partial charge on any atom is -0.872 e. The van der Waals surface area contributed by atoms with Gasteiger partial charge in [-0.3, -0.25) is 4.55 Å². The smallest absolute Gasteiger partial charge is 0.872 e. The molecule has 0 unspecified atom stereocenters. The molecule has 0 aliphatic rings. The van der Waals surface area contributed by atoms with Gasteiger partial charge in [0.15, 0.2) is 0 Å². The zero-order chi connectivity index (χ0) is 40.8. The number of unbranched alkanes of at least 4 members (excludes halogenated alkanes) is 14.